The fourth-order valence-electron chi connectivity index (χ4n) is 3.82. The number of amides is 1. The first-order valence-electron chi connectivity index (χ1n) is 8.86. The lowest BCUT2D eigenvalue weighted by molar-refractivity contribution is 0.102. The molecule has 0 radical (unpaired) electrons. The molecule has 2 aromatic heterocycles. The van der Waals surface area contributed by atoms with Crippen molar-refractivity contribution in [1.82, 2.24) is 10.1 Å². The van der Waals surface area contributed by atoms with Crippen LogP contribution < -0.4 is 5.32 Å². The molecule has 1 aliphatic rings. The number of carbonyl (C=O) groups is 1. The second-order valence-electron chi connectivity index (χ2n) is 6.92. The maximum Gasteiger partial charge on any atom is 0.258 e. The molecule has 4 aromatic rings. The van der Waals surface area contributed by atoms with Crippen LogP contribution in [0.5, 0.6) is 0 Å². The Labute approximate surface area is 156 Å². The molecule has 132 valence electrons. The summed E-state index contributed by atoms with van der Waals surface area (Å²) in [6, 6.07) is 16.3. The zero-order valence-corrected chi connectivity index (χ0v) is 15.0. The lowest BCUT2D eigenvalue weighted by Gasteiger charge is -2.09. The van der Waals surface area contributed by atoms with Crippen LogP contribution >= 0.6 is 0 Å². The minimum atomic E-state index is -0.188. The summed E-state index contributed by atoms with van der Waals surface area (Å²) in [5.74, 6) is -0.188. The van der Waals surface area contributed by atoms with Crippen LogP contribution in [0.25, 0.3) is 22.2 Å². The highest BCUT2D eigenvalue weighted by molar-refractivity contribution is 6.12. The molecule has 0 saturated carbocycles. The van der Waals surface area contributed by atoms with Gasteiger partial charge < -0.3 is 9.84 Å². The van der Waals surface area contributed by atoms with E-state index in [-0.39, 0.29) is 5.91 Å². The van der Waals surface area contributed by atoms with Gasteiger partial charge in [-0.15, -0.1) is 0 Å². The third kappa shape index (κ3) is 2.51. The number of nitrogens with zero attached hydrogens (tertiary/aromatic N) is 2. The Morgan fingerprint density at radius 1 is 1.04 bits per heavy atom. The fraction of sp³-hybridized carbons (Fsp3) is 0.136. The Balaban J connectivity index is 1.49. The van der Waals surface area contributed by atoms with Gasteiger partial charge in [-0.3, -0.25) is 4.79 Å². The highest BCUT2D eigenvalue weighted by Gasteiger charge is 2.20. The van der Waals surface area contributed by atoms with Crippen LogP contribution in [0, 0.1) is 13.8 Å². The van der Waals surface area contributed by atoms with Crippen molar-refractivity contribution in [1.29, 1.82) is 0 Å². The molecular weight excluding hydrogens is 338 g/mol. The van der Waals surface area contributed by atoms with Gasteiger partial charge in [0.2, 0.25) is 0 Å². The average molecular weight is 355 g/mol. The van der Waals surface area contributed by atoms with Gasteiger partial charge in [-0.05, 0) is 60.7 Å². The quantitative estimate of drug-likeness (QED) is 0.500. The van der Waals surface area contributed by atoms with E-state index in [2.05, 4.69) is 51.9 Å². The molecule has 1 aliphatic carbocycles. The van der Waals surface area contributed by atoms with Crippen LogP contribution in [0.4, 0.5) is 5.69 Å². The van der Waals surface area contributed by atoms with E-state index < -0.39 is 0 Å². The Morgan fingerprint density at radius 3 is 2.74 bits per heavy atom. The molecule has 0 atom stereocenters. The van der Waals surface area contributed by atoms with Crippen LogP contribution in [-0.4, -0.2) is 16.0 Å². The van der Waals surface area contributed by atoms with Crippen molar-refractivity contribution in [2.75, 3.05) is 5.32 Å². The molecule has 0 fully saturated rings. The van der Waals surface area contributed by atoms with Crippen LogP contribution in [0.3, 0.4) is 0 Å². The smallest absolute Gasteiger partial charge is 0.258 e. The minimum Gasteiger partial charge on any atom is -0.336 e. The second-order valence-corrected chi connectivity index (χ2v) is 6.92. The summed E-state index contributed by atoms with van der Waals surface area (Å²) in [6.45, 7) is 3.65. The molecule has 0 saturated heterocycles. The van der Waals surface area contributed by atoms with Crippen molar-refractivity contribution < 1.29 is 9.32 Å². The van der Waals surface area contributed by atoms with Crippen LogP contribution in [-0.2, 0) is 6.42 Å². The zero-order valence-electron chi connectivity index (χ0n) is 15.0. The number of pyridine rings is 1. The molecular formula is C22H17N3O2. The fourth-order valence-corrected chi connectivity index (χ4v) is 3.82. The molecule has 0 aliphatic heterocycles. The third-order valence-corrected chi connectivity index (χ3v) is 5.04. The standard InChI is InChI=1S/C22H17N3O2/c1-12-9-19(20-13(2)25-27-22(20)23-12)21(26)24-16-7-8-18-15(11-16)10-14-5-3-4-6-17(14)18/h3-9,11H,10H2,1-2H3,(H,24,26). The van der Waals surface area contributed by atoms with Crippen molar-refractivity contribution in [2.24, 2.45) is 0 Å². The van der Waals surface area contributed by atoms with Gasteiger partial charge in [-0.25, -0.2) is 4.98 Å². The number of carbonyl (C=O) groups excluding carboxylic acids is 1. The van der Waals surface area contributed by atoms with Gasteiger partial charge in [0.1, 0.15) is 0 Å². The number of nitrogens with one attached hydrogen (secondary N) is 1. The first kappa shape index (κ1) is 15.8. The maximum atomic E-state index is 12.9. The van der Waals surface area contributed by atoms with Gasteiger partial charge in [-0.1, -0.05) is 35.5 Å². The Hall–Kier alpha value is -3.47. The number of rotatable bonds is 2. The van der Waals surface area contributed by atoms with Gasteiger partial charge in [0.05, 0.1) is 16.6 Å². The normalized spacial score (nSPS) is 12.1. The van der Waals surface area contributed by atoms with E-state index in [1.54, 1.807) is 6.07 Å². The summed E-state index contributed by atoms with van der Waals surface area (Å²) in [7, 11) is 0. The molecule has 1 amide bonds. The van der Waals surface area contributed by atoms with Crippen molar-refractivity contribution in [2.45, 2.75) is 20.3 Å². The molecule has 0 unspecified atom stereocenters. The van der Waals surface area contributed by atoms with E-state index in [1.165, 1.54) is 22.3 Å². The summed E-state index contributed by atoms with van der Waals surface area (Å²) in [5, 5.41) is 7.61. The molecule has 5 nitrogen and oxygen atoms in total. The van der Waals surface area contributed by atoms with Crippen LogP contribution in [0.2, 0.25) is 0 Å². The predicted octanol–water partition coefficient (Wildman–Crippen LogP) is 4.66. The number of fused-ring (bicyclic) bond motifs is 4. The minimum absolute atomic E-state index is 0.188. The Kier molecular flexibility index (Phi) is 3.37. The highest BCUT2D eigenvalue weighted by Crippen LogP contribution is 2.37. The molecule has 5 rings (SSSR count). The number of hydrogen-bond donors (Lipinski definition) is 1. The number of aryl methyl sites for hydroxylation is 2. The Morgan fingerprint density at radius 2 is 1.85 bits per heavy atom. The molecule has 5 heteroatoms. The number of aromatic nitrogens is 2. The average Bonchev–Trinajstić information content (AvgIpc) is 3.21. The topological polar surface area (TPSA) is 68.0 Å². The summed E-state index contributed by atoms with van der Waals surface area (Å²) < 4.78 is 5.23. The third-order valence-electron chi connectivity index (χ3n) is 5.04. The molecule has 2 heterocycles. The molecule has 0 spiro atoms. The molecule has 1 N–H and O–H groups in total. The van der Waals surface area contributed by atoms with Gasteiger partial charge in [-0.2, -0.15) is 0 Å². The van der Waals surface area contributed by atoms with E-state index in [4.69, 9.17) is 4.52 Å². The molecule has 0 bridgehead atoms. The van der Waals surface area contributed by atoms with Crippen molar-refractivity contribution in [3.63, 3.8) is 0 Å². The van der Waals surface area contributed by atoms with Crippen LogP contribution in [0.15, 0.2) is 53.1 Å². The lowest BCUT2D eigenvalue weighted by atomic mass is 10.1. The summed E-state index contributed by atoms with van der Waals surface area (Å²) in [5.41, 5.74) is 8.14. The highest BCUT2D eigenvalue weighted by atomic mass is 16.5. The summed E-state index contributed by atoms with van der Waals surface area (Å²) in [6.07, 6.45) is 0.887. The van der Waals surface area contributed by atoms with Crippen LogP contribution in [0.1, 0.15) is 32.9 Å². The van der Waals surface area contributed by atoms with E-state index in [1.807, 2.05) is 19.9 Å². The first-order valence-corrected chi connectivity index (χ1v) is 8.86. The van der Waals surface area contributed by atoms with Gasteiger partial charge in [0, 0.05) is 11.4 Å². The number of benzene rings is 2. The van der Waals surface area contributed by atoms with Crippen molar-refractivity contribution >= 4 is 22.7 Å². The number of anilines is 1. The van der Waals surface area contributed by atoms with E-state index in [0.717, 1.165) is 12.1 Å². The van der Waals surface area contributed by atoms with Gasteiger partial charge in [0.25, 0.3) is 11.6 Å². The second kappa shape index (κ2) is 5.77. The summed E-state index contributed by atoms with van der Waals surface area (Å²) in [4.78, 5) is 17.2. The zero-order chi connectivity index (χ0) is 18.5. The monoisotopic (exact) mass is 355 g/mol. The largest absolute Gasteiger partial charge is 0.336 e. The van der Waals surface area contributed by atoms with Gasteiger partial charge in [0.15, 0.2) is 0 Å². The Bertz CT molecular complexity index is 1220. The molecule has 27 heavy (non-hydrogen) atoms. The first-order chi connectivity index (χ1) is 13.1. The summed E-state index contributed by atoms with van der Waals surface area (Å²) >= 11 is 0. The maximum absolute atomic E-state index is 12.9. The predicted molar refractivity (Wildman–Crippen MR) is 104 cm³/mol. The van der Waals surface area contributed by atoms with Crippen molar-refractivity contribution in [3.8, 4) is 11.1 Å². The van der Waals surface area contributed by atoms with Crippen molar-refractivity contribution in [3.05, 3.63) is 76.6 Å². The lowest BCUT2D eigenvalue weighted by Crippen LogP contribution is -2.13. The molecule has 2 aromatic carbocycles. The SMILES string of the molecule is Cc1cc(C(=O)Nc2ccc3c(c2)Cc2ccccc2-3)c2c(C)noc2n1. The van der Waals surface area contributed by atoms with E-state index >= 15 is 0 Å². The van der Waals surface area contributed by atoms with Gasteiger partial charge >= 0.3 is 0 Å². The van der Waals surface area contributed by atoms with E-state index in [0.29, 0.717) is 28.1 Å². The number of hydrogen-bond acceptors (Lipinski definition) is 4. The van der Waals surface area contributed by atoms with E-state index in [9.17, 15) is 4.79 Å².